The number of thiophene rings is 1. The van der Waals surface area contributed by atoms with Crippen molar-refractivity contribution in [3.05, 3.63) is 74.1 Å². The number of hydrogen-bond acceptors (Lipinski definition) is 5. The Morgan fingerprint density at radius 3 is 2.67 bits per heavy atom. The third kappa shape index (κ3) is 4.22. The summed E-state index contributed by atoms with van der Waals surface area (Å²) in [6.45, 7) is 2.18. The van der Waals surface area contributed by atoms with E-state index < -0.39 is 11.8 Å². The summed E-state index contributed by atoms with van der Waals surface area (Å²) >= 11 is 1.58. The van der Waals surface area contributed by atoms with Crippen molar-refractivity contribution in [2.45, 2.75) is 19.9 Å². The Morgan fingerprint density at radius 1 is 1.30 bits per heavy atom. The van der Waals surface area contributed by atoms with Gasteiger partial charge in [-0.1, -0.05) is 6.07 Å². The highest BCUT2D eigenvalue weighted by molar-refractivity contribution is 7.09. The fourth-order valence-corrected chi connectivity index (χ4v) is 3.28. The van der Waals surface area contributed by atoms with E-state index in [1.54, 1.807) is 18.3 Å². The number of nitrogens with zero attached hydrogens (tertiary/aromatic N) is 2. The summed E-state index contributed by atoms with van der Waals surface area (Å²) in [6, 6.07) is 9.39. The third-order valence-corrected chi connectivity index (χ3v) is 4.87. The first-order chi connectivity index (χ1) is 13.0. The SMILES string of the molecule is COC(=O)Cc1[nH]n(-c2ccc(F)cc2)c(=O)c1C(C)=NCc1cccs1. The van der Waals surface area contributed by atoms with Crippen LogP contribution in [-0.2, 0) is 22.5 Å². The number of nitrogens with one attached hydrogen (secondary N) is 1. The fourth-order valence-electron chi connectivity index (χ4n) is 2.65. The maximum absolute atomic E-state index is 13.2. The monoisotopic (exact) mass is 387 g/mol. The zero-order valence-corrected chi connectivity index (χ0v) is 15.7. The van der Waals surface area contributed by atoms with E-state index in [1.165, 1.54) is 36.1 Å². The standard InChI is InChI=1S/C19H18FN3O3S/c1-12(21-11-15-4-3-9-27-15)18-16(10-17(24)26-2)22-23(19(18)25)14-7-5-13(20)6-8-14/h3-9,22H,10-11H2,1-2H3. The van der Waals surface area contributed by atoms with Crippen LogP contribution in [0.15, 0.2) is 51.6 Å². The van der Waals surface area contributed by atoms with Gasteiger partial charge in [0.1, 0.15) is 5.82 Å². The first-order valence-corrected chi connectivity index (χ1v) is 9.08. The molecular weight excluding hydrogens is 369 g/mol. The average Bonchev–Trinajstić information content (AvgIpc) is 3.28. The molecule has 8 heteroatoms. The Labute approximate surface area is 158 Å². The number of aromatic nitrogens is 2. The lowest BCUT2D eigenvalue weighted by atomic mass is 10.1. The van der Waals surface area contributed by atoms with Crippen molar-refractivity contribution in [1.29, 1.82) is 0 Å². The molecule has 3 rings (SSSR count). The first-order valence-electron chi connectivity index (χ1n) is 8.20. The van der Waals surface area contributed by atoms with E-state index in [1.807, 2.05) is 17.5 Å². The van der Waals surface area contributed by atoms with E-state index in [0.29, 0.717) is 29.2 Å². The van der Waals surface area contributed by atoms with E-state index in [9.17, 15) is 14.0 Å². The van der Waals surface area contributed by atoms with Gasteiger partial charge >= 0.3 is 5.97 Å². The second-order valence-corrected chi connectivity index (χ2v) is 6.85. The summed E-state index contributed by atoms with van der Waals surface area (Å²) < 4.78 is 19.2. The number of H-pyrrole nitrogens is 1. The molecule has 27 heavy (non-hydrogen) atoms. The lowest BCUT2D eigenvalue weighted by Crippen LogP contribution is -2.20. The minimum Gasteiger partial charge on any atom is -0.469 e. The van der Waals surface area contributed by atoms with Crippen LogP contribution in [0.3, 0.4) is 0 Å². The molecule has 0 aliphatic heterocycles. The lowest BCUT2D eigenvalue weighted by molar-refractivity contribution is -0.139. The number of carbonyl (C=O) groups is 1. The molecule has 0 aliphatic rings. The van der Waals surface area contributed by atoms with Gasteiger partial charge in [0.25, 0.3) is 5.56 Å². The van der Waals surface area contributed by atoms with Crippen LogP contribution in [0.25, 0.3) is 5.69 Å². The predicted molar refractivity (Wildman–Crippen MR) is 102 cm³/mol. The number of ether oxygens (including phenoxy) is 1. The molecule has 0 saturated carbocycles. The van der Waals surface area contributed by atoms with Crippen molar-refractivity contribution >= 4 is 23.0 Å². The summed E-state index contributed by atoms with van der Waals surface area (Å²) in [5.74, 6) is -0.878. The van der Waals surface area contributed by atoms with Crippen LogP contribution in [-0.4, -0.2) is 28.6 Å². The van der Waals surface area contributed by atoms with Crippen molar-refractivity contribution in [1.82, 2.24) is 9.78 Å². The number of halogens is 1. The number of rotatable bonds is 6. The van der Waals surface area contributed by atoms with E-state index in [-0.39, 0.29) is 12.0 Å². The van der Waals surface area contributed by atoms with Gasteiger partial charge in [-0.25, -0.2) is 9.07 Å². The minimum absolute atomic E-state index is 0.0961. The van der Waals surface area contributed by atoms with Crippen LogP contribution >= 0.6 is 11.3 Å². The van der Waals surface area contributed by atoms with Gasteiger partial charge in [0.15, 0.2) is 0 Å². The summed E-state index contributed by atoms with van der Waals surface area (Å²) in [4.78, 5) is 30.3. The van der Waals surface area contributed by atoms with Crippen LogP contribution in [0, 0.1) is 5.82 Å². The van der Waals surface area contributed by atoms with Crippen molar-refractivity contribution in [2.24, 2.45) is 4.99 Å². The molecule has 0 radical (unpaired) electrons. The highest BCUT2D eigenvalue weighted by atomic mass is 32.1. The molecule has 2 aromatic heterocycles. The molecular formula is C19H18FN3O3S. The van der Waals surface area contributed by atoms with Crippen molar-refractivity contribution in [2.75, 3.05) is 7.11 Å². The first kappa shape index (κ1) is 18.8. The Hall–Kier alpha value is -3.00. The number of carbonyl (C=O) groups excluding carboxylic acids is 1. The van der Waals surface area contributed by atoms with Crippen molar-refractivity contribution in [3.63, 3.8) is 0 Å². The maximum atomic E-state index is 13.2. The number of aromatic amines is 1. The van der Waals surface area contributed by atoms with Gasteiger partial charge in [-0.15, -0.1) is 11.3 Å². The molecule has 0 bridgehead atoms. The maximum Gasteiger partial charge on any atom is 0.311 e. The summed E-state index contributed by atoms with van der Waals surface area (Å²) in [5.41, 5.74) is 1.35. The molecule has 0 atom stereocenters. The lowest BCUT2D eigenvalue weighted by Gasteiger charge is -2.02. The molecule has 2 heterocycles. The number of aliphatic imine (C=N–C) groups is 1. The zero-order chi connectivity index (χ0) is 19.4. The fraction of sp³-hybridized carbons (Fsp3) is 0.211. The second kappa shape index (κ2) is 8.13. The van der Waals surface area contributed by atoms with Crippen molar-refractivity contribution < 1.29 is 13.9 Å². The number of methoxy groups -OCH3 is 1. The zero-order valence-electron chi connectivity index (χ0n) is 14.9. The molecule has 6 nitrogen and oxygen atoms in total. The van der Waals surface area contributed by atoms with Crippen molar-refractivity contribution in [3.8, 4) is 5.69 Å². The largest absolute Gasteiger partial charge is 0.469 e. The van der Waals surface area contributed by atoms with Crippen LogP contribution < -0.4 is 5.56 Å². The van der Waals surface area contributed by atoms with Gasteiger partial charge in [-0.2, -0.15) is 0 Å². The van der Waals surface area contributed by atoms with E-state index in [2.05, 4.69) is 10.1 Å². The molecule has 1 aromatic carbocycles. The predicted octanol–water partition coefficient (Wildman–Crippen LogP) is 3.09. The van der Waals surface area contributed by atoms with Gasteiger partial charge < -0.3 is 4.74 Å². The van der Waals surface area contributed by atoms with E-state index >= 15 is 0 Å². The van der Waals surface area contributed by atoms with Crippen LogP contribution in [0.5, 0.6) is 0 Å². The summed E-state index contributed by atoms with van der Waals surface area (Å²) in [6.07, 6.45) is -0.0961. The minimum atomic E-state index is -0.477. The number of hydrogen-bond donors (Lipinski definition) is 1. The third-order valence-electron chi connectivity index (χ3n) is 4.01. The van der Waals surface area contributed by atoms with Gasteiger partial charge in [0.2, 0.25) is 0 Å². The average molecular weight is 387 g/mol. The molecule has 0 unspecified atom stereocenters. The van der Waals surface area contributed by atoms with E-state index in [0.717, 1.165) is 4.88 Å². The quantitative estimate of drug-likeness (QED) is 0.522. The summed E-state index contributed by atoms with van der Waals surface area (Å²) in [7, 11) is 1.29. The van der Waals surface area contributed by atoms with Gasteiger partial charge in [0, 0.05) is 10.6 Å². The van der Waals surface area contributed by atoms with Crippen LogP contribution in [0.1, 0.15) is 23.1 Å². The topological polar surface area (TPSA) is 76.5 Å². The highest BCUT2D eigenvalue weighted by Gasteiger charge is 2.20. The highest BCUT2D eigenvalue weighted by Crippen LogP contribution is 2.14. The van der Waals surface area contributed by atoms with Crippen LogP contribution in [0.2, 0.25) is 0 Å². The molecule has 0 saturated heterocycles. The Morgan fingerprint density at radius 2 is 2.04 bits per heavy atom. The molecule has 1 N–H and O–H groups in total. The Kier molecular flexibility index (Phi) is 5.66. The normalized spacial score (nSPS) is 11.6. The van der Waals surface area contributed by atoms with Gasteiger partial charge in [-0.05, 0) is 42.6 Å². The molecule has 0 fully saturated rings. The van der Waals surface area contributed by atoms with Crippen LogP contribution in [0.4, 0.5) is 4.39 Å². The summed E-state index contributed by atoms with van der Waals surface area (Å²) in [5, 5.41) is 4.89. The molecule has 0 amide bonds. The molecule has 0 aliphatic carbocycles. The van der Waals surface area contributed by atoms with E-state index in [4.69, 9.17) is 4.74 Å². The number of benzene rings is 1. The Bertz CT molecular complexity index is 1020. The van der Waals surface area contributed by atoms with Gasteiger partial charge in [0.05, 0.1) is 37.0 Å². The smallest absolute Gasteiger partial charge is 0.311 e. The Balaban J connectivity index is 2.04. The molecule has 0 spiro atoms. The number of esters is 1. The second-order valence-electron chi connectivity index (χ2n) is 5.82. The molecule has 3 aromatic rings. The molecule has 140 valence electrons. The van der Waals surface area contributed by atoms with Gasteiger partial charge in [-0.3, -0.25) is 19.7 Å².